The van der Waals surface area contributed by atoms with Crippen LogP contribution in [0.2, 0.25) is 0 Å². The second-order valence-corrected chi connectivity index (χ2v) is 6.66. The van der Waals surface area contributed by atoms with Crippen LogP contribution in [0.15, 0.2) is 42.9 Å². The fourth-order valence-corrected chi connectivity index (χ4v) is 3.52. The van der Waals surface area contributed by atoms with Gasteiger partial charge in [-0.05, 0) is 55.5 Å². The maximum absolute atomic E-state index is 4.33. The molecule has 0 spiro atoms. The average molecular weight is 321 g/mol. The number of piperidine rings is 1. The van der Waals surface area contributed by atoms with Gasteiger partial charge in [0.15, 0.2) is 0 Å². The maximum Gasteiger partial charge on any atom is 0.129 e. The molecule has 1 aliphatic heterocycles. The molecule has 0 radical (unpaired) electrons. The summed E-state index contributed by atoms with van der Waals surface area (Å²) in [6.45, 7) is 5.21. The summed E-state index contributed by atoms with van der Waals surface area (Å²) in [6.07, 6.45) is 6.04. The summed E-state index contributed by atoms with van der Waals surface area (Å²) in [4.78, 5) is 14.3. The van der Waals surface area contributed by atoms with Crippen molar-refractivity contribution in [2.45, 2.75) is 32.4 Å². The van der Waals surface area contributed by atoms with Crippen molar-refractivity contribution < 1.29 is 0 Å². The molecule has 0 amide bonds. The lowest BCUT2D eigenvalue weighted by atomic mass is 10.0. The summed E-state index contributed by atoms with van der Waals surface area (Å²) in [5.74, 6) is 0.933. The molecular weight excluding hydrogens is 298 g/mol. The van der Waals surface area contributed by atoms with Gasteiger partial charge in [-0.1, -0.05) is 6.07 Å². The van der Waals surface area contributed by atoms with E-state index < -0.39 is 0 Å². The molecule has 0 saturated carbocycles. The molecule has 124 valence electrons. The summed E-state index contributed by atoms with van der Waals surface area (Å²) >= 11 is 0. The van der Waals surface area contributed by atoms with Gasteiger partial charge in [0.2, 0.25) is 0 Å². The summed E-state index contributed by atoms with van der Waals surface area (Å²) < 4.78 is 0. The van der Waals surface area contributed by atoms with Gasteiger partial charge in [0, 0.05) is 42.6 Å². The Kier molecular flexibility index (Phi) is 4.17. The lowest BCUT2D eigenvalue weighted by Gasteiger charge is -2.33. The number of benzene rings is 1. The van der Waals surface area contributed by atoms with Crippen molar-refractivity contribution in [2.75, 3.05) is 18.4 Å². The molecule has 24 heavy (non-hydrogen) atoms. The number of aromatic amines is 1. The Morgan fingerprint density at radius 2 is 2.21 bits per heavy atom. The van der Waals surface area contributed by atoms with E-state index in [2.05, 4.69) is 49.4 Å². The van der Waals surface area contributed by atoms with E-state index in [0.717, 1.165) is 31.1 Å². The third kappa shape index (κ3) is 3.41. The van der Waals surface area contributed by atoms with E-state index in [1.807, 2.05) is 19.2 Å². The Bertz CT molecular complexity index is 825. The topological polar surface area (TPSA) is 56.8 Å². The highest BCUT2D eigenvalue weighted by atomic mass is 15.2. The normalized spacial score (nSPS) is 18.8. The van der Waals surface area contributed by atoms with Crippen LogP contribution in [0.1, 0.15) is 24.1 Å². The highest BCUT2D eigenvalue weighted by Crippen LogP contribution is 2.19. The van der Waals surface area contributed by atoms with Crippen LogP contribution in [0.4, 0.5) is 5.82 Å². The number of rotatable bonds is 4. The molecule has 2 N–H and O–H groups in total. The van der Waals surface area contributed by atoms with E-state index in [9.17, 15) is 0 Å². The molecule has 1 unspecified atom stereocenters. The van der Waals surface area contributed by atoms with Crippen LogP contribution in [0, 0.1) is 6.92 Å². The molecule has 2 aromatic heterocycles. The van der Waals surface area contributed by atoms with Crippen molar-refractivity contribution in [1.29, 1.82) is 0 Å². The average Bonchev–Trinajstić information content (AvgIpc) is 3.03. The molecule has 3 heterocycles. The van der Waals surface area contributed by atoms with Crippen LogP contribution in [0.25, 0.3) is 10.9 Å². The highest BCUT2D eigenvalue weighted by molar-refractivity contribution is 5.79. The first-order chi connectivity index (χ1) is 11.8. The first-order valence-corrected chi connectivity index (χ1v) is 8.60. The standard InChI is InChI=1S/C19H23N5/c1-14-9-19(22-13-21-14)23-17-3-2-8-24(12-17)11-15-4-5-18-16(10-15)6-7-20-18/h4-7,9-10,13,17,20H,2-3,8,11-12H2,1H3,(H,21,22,23). The molecule has 1 saturated heterocycles. The van der Waals surface area contributed by atoms with Crippen LogP contribution in [-0.2, 0) is 6.54 Å². The lowest BCUT2D eigenvalue weighted by molar-refractivity contribution is 0.208. The summed E-state index contributed by atoms with van der Waals surface area (Å²) in [6, 6.07) is 11.3. The number of fused-ring (bicyclic) bond motifs is 1. The number of H-pyrrole nitrogens is 1. The van der Waals surface area contributed by atoms with Crippen LogP contribution < -0.4 is 5.32 Å². The lowest BCUT2D eigenvalue weighted by Crippen LogP contribution is -2.41. The quantitative estimate of drug-likeness (QED) is 0.774. The van der Waals surface area contributed by atoms with Crippen LogP contribution in [0.3, 0.4) is 0 Å². The molecule has 1 aliphatic rings. The van der Waals surface area contributed by atoms with E-state index >= 15 is 0 Å². The SMILES string of the molecule is Cc1cc(NC2CCCN(Cc3ccc4[nH]ccc4c3)C2)ncn1. The van der Waals surface area contributed by atoms with Crippen molar-refractivity contribution in [3.63, 3.8) is 0 Å². The predicted octanol–water partition coefficient (Wildman–Crippen LogP) is 3.34. The van der Waals surface area contributed by atoms with Crippen molar-refractivity contribution in [3.8, 4) is 0 Å². The number of hydrogen-bond acceptors (Lipinski definition) is 4. The Morgan fingerprint density at radius 1 is 1.25 bits per heavy atom. The van der Waals surface area contributed by atoms with Crippen molar-refractivity contribution >= 4 is 16.7 Å². The number of aryl methyl sites for hydroxylation is 1. The fraction of sp³-hybridized carbons (Fsp3) is 0.368. The highest BCUT2D eigenvalue weighted by Gasteiger charge is 2.20. The molecule has 3 aromatic rings. The summed E-state index contributed by atoms with van der Waals surface area (Å²) in [7, 11) is 0. The minimum absolute atomic E-state index is 0.448. The second kappa shape index (κ2) is 6.61. The zero-order chi connectivity index (χ0) is 16.4. The number of aromatic nitrogens is 3. The van der Waals surface area contributed by atoms with E-state index in [1.54, 1.807) is 6.33 Å². The largest absolute Gasteiger partial charge is 0.366 e. The van der Waals surface area contributed by atoms with Crippen molar-refractivity contribution in [1.82, 2.24) is 19.9 Å². The molecule has 0 aliphatic carbocycles. The third-order valence-corrected chi connectivity index (χ3v) is 4.69. The smallest absolute Gasteiger partial charge is 0.129 e. The first-order valence-electron chi connectivity index (χ1n) is 8.60. The van der Waals surface area contributed by atoms with Gasteiger partial charge >= 0.3 is 0 Å². The minimum atomic E-state index is 0.448. The molecule has 0 bridgehead atoms. The molecule has 1 fully saturated rings. The number of anilines is 1. The molecule has 1 atom stereocenters. The molecule has 5 heteroatoms. The Balaban J connectivity index is 1.40. The molecular formula is C19H23N5. The van der Waals surface area contributed by atoms with Gasteiger partial charge in [0.05, 0.1) is 0 Å². The maximum atomic E-state index is 4.33. The van der Waals surface area contributed by atoms with Gasteiger partial charge in [-0.2, -0.15) is 0 Å². The van der Waals surface area contributed by atoms with Crippen LogP contribution >= 0.6 is 0 Å². The van der Waals surface area contributed by atoms with Gasteiger partial charge in [-0.3, -0.25) is 4.90 Å². The van der Waals surface area contributed by atoms with E-state index in [1.165, 1.54) is 29.3 Å². The van der Waals surface area contributed by atoms with E-state index in [4.69, 9.17) is 0 Å². The van der Waals surface area contributed by atoms with E-state index in [-0.39, 0.29) is 0 Å². The molecule has 1 aromatic carbocycles. The molecule has 4 rings (SSSR count). The number of likely N-dealkylation sites (tertiary alicyclic amines) is 1. The Morgan fingerprint density at radius 3 is 3.12 bits per heavy atom. The predicted molar refractivity (Wildman–Crippen MR) is 97.0 cm³/mol. The zero-order valence-corrected chi connectivity index (χ0v) is 14.0. The zero-order valence-electron chi connectivity index (χ0n) is 14.0. The number of nitrogens with zero attached hydrogens (tertiary/aromatic N) is 3. The summed E-state index contributed by atoms with van der Waals surface area (Å²) in [5, 5.41) is 4.85. The second-order valence-electron chi connectivity index (χ2n) is 6.66. The van der Waals surface area contributed by atoms with Crippen molar-refractivity contribution in [3.05, 3.63) is 54.1 Å². The van der Waals surface area contributed by atoms with Gasteiger partial charge in [-0.25, -0.2) is 9.97 Å². The van der Waals surface area contributed by atoms with Crippen LogP contribution in [0.5, 0.6) is 0 Å². The van der Waals surface area contributed by atoms with Gasteiger partial charge in [0.25, 0.3) is 0 Å². The first kappa shape index (κ1) is 15.1. The van der Waals surface area contributed by atoms with Gasteiger partial charge < -0.3 is 10.3 Å². The van der Waals surface area contributed by atoms with Gasteiger partial charge in [-0.15, -0.1) is 0 Å². The fourth-order valence-electron chi connectivity index (χ4n) is 3.52. The third-order valence-electron chi connectivity index (χ3n) is 4.69. The van der Waals surface area contributed by atoms with Crippen molar-refractivity contribution in [2.24, 2.45) is 0 Å². The minimum Gasteiger partial charge on any atom is -0.366 e. The number of hydrogen-bond donors (Lipinski definition) is 2. The monoisotopic (exact) mass is 321 g/mol. The Labute approximate surface area is 142 Å². The Hall–Kier alpha value is -2.40. The number of nitrogens with one attached hydrogen (secondary N) is 2. The summed E-state index contributed by atoms with van der Waals surface area (Å²) in [5.41, 5.74) is 3.58. The van der Waals surface area contributed by atoms with Gasteiger partial charge in [0.1, 0.15) is 12.1 Å². The van der Waals surface area contributed by atoms with Crippen LogP contribution in [-0.4, -0.2) is 39.0 Å². The van der Waals surface area contributed by atoms with E-state index in [0.29, 0.717) is 6.04 Å². The molecule has 5 nitrogen and oxygen atoms in total.